The van der Waals surface area contributed by atoms with E-state index < -0.39 is 0 Å². The molecule has 0 aromatic rings. The molecule has 1 atom stereocenters. The first-order valence-electron chi connectivity index (χ1n) is 5.96. The molecule has 0 bridgehead atoms. The van der Waals surface area contributed by atoms with Crippen LogP contribution in [-0.2, 0) is 0 Å². The fourth-order valence-electron chi connectivity index (χ4n) is 2.29. The van der Waals surface area contributed by atoms with Crippen molar-refractivity contribution in [3.8, 4) is 0 Å². The third-order valence-electron chi connectivity index (χ3n) is 3.26. The average molecular weight is 214 g/mol. The second kappa shape index (κ2) is 5.99. The topological polar surface area (TPSA) is 15.3 Å². The lowest BCUT2D eigenvalue weighted by atomic mass is 10.1. The normalized spacial score (nSPS) is 28.7. The van der Waals surface area contributed by atoms with Crippen LogP contribution >= 0.6 is 11.8 Å². The van der Waals surface area contributed by atoms with Crippen molar-refractivity contribution in [2.45, 2.75) is 19.3 Å². The summed E-state index contributed by atoms with van der Waals surface area (Å²) in [5, 5.41) is 3.60. The summed E-state index contributed by atoms with van der Waals surface area (Å²) < 4.78 is 0. The predicted octanol–water partition coefficient (Wildman–Crippen LogP) is 1.42. The van der Waals surface area contributed by atoms with Crippen LogP contribution in [0.4, 0.5) is 0 Å². The van der Waals surface area contributed by atoms with Crippen LogP contribution in [0, 0.1) is 5.92 Å². The number of hydrogen-bond acceptors (Lipinski definition) is 3. The Morgan fingerprint density at radius 1 is 1.29 bits per heavy atom. The molecule has 3 heteroatoms. The van der Waals surface area contributed by atoms with Crippen molar-refractivity contribution in [2.75, 3.05) is 44.2 Å². The van der Waals surface area contributed by atoms with E-state index in [4.69, 9.17) is 0 Å². The van der Waals surface area contributed by atoms with Crippen LogP contribution in [0.25, 0.3) is 0 Å². The van der Waals surface area contributed by atoms with Crippen LogP contribution in [0.2, 0.25) is 0 Å². The molecule has 0 aromatic heterocycles. The number of nitrogens with one attached hydrogen (secondary N) is 1. The minimum Gasteiger partial charge on any atom is -0.315 e. The molecule has 2 nitrogen and oxygen atoms in total. The number of likely N-dealkylation sites (tertiary alicyclic amines) is 1. The van der Waals surface area contributed by atoms with Gasteiger partial charge in [-0.05, 0) is 56.3 Å². The van der Waals surface area contributed by atoms with E-state index in [2.05, 4.69) is 22.0 Å². The summed E-state index contributed by atoms with van der Waals surface area (Å²) in [6.45, 7) is 6.38. The van der Waals surface area contributed by atoms with Crippen molar-refractivity contribution in [1.82, 2.24) is 10.2 Å². The maximum Gasteiger partial charge on any atom is 0.0107 e. The van der Waals surface area contributed by atoms with Crippen molar-refractivity contribution in [3.05, 3.63) is 0 Å². The van der Waals surface area contributed by atoms with Crippen molar-refractivity contribution in [2.24, 2.45) is 5.92 Å². The second-order valence-corrected chi connectivity index (χ2v) is 5.63. The zero-order valence-electron chi connectivity index (χ0n) is 9.00. The van der Waals surface area contributed by atoms with E-state index in [1.165, 1.54) is 63.5 Å². The number of hydrogen-bond donors (Lipinski definition) is 1. The highest BCUT2D eigenvalue weighted by atomic mass is 32.2. The maximum atomic E-state index is 3.60. The molecule has 0 aromatic carbocycles. The van der Waals surface area contributed by atoms with Gasteiger partial charge in [-0.3, -0.25) is 0 Å². The first kappa shape index (κ1) is 10.8. The van der Waals surface area contributed by atoms with Gasteiger partial charge in [-0.25, -0.2) is 0 Å². The number of thioether (sulfide) groups is 1. The van der Waals surface area contributed by atoms with Crippen molar-refractivity contribution in [1.29, 1.82) is 0 Å². The third-order valence-corrected chi connectivity index (χ3v) is 4.49. The first-order valence-corrected chi connectivity index (χ1v) is 7.11. The largest absolute Gasteiger partial charge is 0.315 e. The first-order chi connectivity index (χ1) is 6.95. The summed E-state index contributed by atoms with van der Waals surface area (Å²) in [5.41, 5.74) is 0. The van der Waals surface area contributed by atoms with E-state index in [1.54, 1.807) is 0 Å². The minimum absolute atomic E-state index is 0.957. The van der Waals surface area contributed by atoms with Gasteiger partial charge in [0.25, 0.3) is 0 Å². The van der Waals surface area contributed by atoms with Crippen LogP contribution in [0.1, 0.15) is 19.3 Å². The zero-order chi connectivity index (χ0) is 9.64. The Balaban J connectivity index is 1.46. The summed E-state index contributed by atoms with van der Waals surface area (Å²) in [5.74, 6) is 3.73. The van der Waals surface area contributed by atoms with Gasteiger partial charge in [0, 0.05) is 13.1 Å². The molecule has 1 N–H and O–H groups in total. The molecule has 2 heterocycles. The van der Waals surface area contributed by atoms with Crippen LogP contribution in [0.3, 0.4) is 0 Å². The van der Waals surface area contributed by atoms with E-state index >= 15 is 0 Å². The van der Waals surface area contributed by atoms with Crippen LogP contribution in [0.15, 0.2) is 0 Å². The quantitative estimate of drug-likeness (QED) is 0.697. The monoisotopic (exact) mass is 214 g/mol. The van der Waals surface area contributed by atoms with Crippen LogP contribution in [0.5, 0.6) is 0 Å². The smallest absolute Gasteiger partial charge is 0.0107 e. The summed E-state index contributed by atoms with van der Waals surface area (Å²) in [4.78, 5) is 2.58. The molecule has 14 heavy (non-hydrogen) atoms. The summed E-state index contributed by atoms with van der Waals surface area (Å²) in [7, 11) is 0. The van der Waals surface area contributed by atoms with Gasteiger partial charge in [-0.2, -0.15) is 11.8 Å². The summed E-state index contributed by atoms with van der Waals surface area (Å²) in [6.07, 6.45) is 4.26. The van der Waals surface area contributed by atoms with E-state index in [0.29, 0.717) is 0 Å². The predicted molar refractivity (Wildman–Crippen MR) is 64.0 cm³/mol. The lowest BCUT2D eigenvalue weighted by molar-refractivity contribution is 0.332. The molecule has 1 unspecified atom stereocenters. The van der Waals surface area contributed by atoms with Crippen LogP contribution < -0.4 is 5.32 Å². The molecule has 0 radical (unpaired) electrons. The standard InChI is InChI=1S/C11H22N2S/c1-2-6-13(5-1)7-4-12-9-11-3-8-14-10-11/h11-12H,1-10H2. The maximum absolute atomic E-state index is 3.60. The Bertz CT molecular complexity index is 133. The van der Waals surface area contributed by atoms with E-state index in [9.17, 15) is 0 Å². The average Bonchev–Trinajstić information content (AvgIpc) is 2.86. The van der Waals surface area contributed by atoms with Crippen molar-refractivity contribution < 1.29 is 0 Å². The van der Waals surface area contributed by atoms with Gasteiger partial charge >= 0.3 is 0 Å². The van der Waals surface area contributed by atoms with Gasteiger partial charge in [0.15, 0.2) is 0 Å². The Kier molecular flexibility index (Phi) is 4.61. The summed E-state index contributed by atoms with van der Waals surface area (Å²) >= 11 is 2.12. The Morgan fingerprint density at radius 3 is 2.86 bits per heavy atom. The Hall–Kier alpha value is 0.270. The summed E-state index contributed by atoms with van der Waals surface area (Å²) in [6, 6.07) is 0. The van der Waals surface area contributed by atoms with E-state index in [0.717, 1.165) is 5.92 Å². The molecular weight excluding hydrogens is 192 g/mol. The fraction of sp³-hybridized carbons (Fsp3) is 1.00. The molecule has 2 rings (SSSR count). The van der Waals surface area contributed by atoms with E-state index in [1.807, 2.05) is 0 Å². The van der Waals surface area contributed by atoms with Crippen molar-refractivity contribution >= 4 is 11.8 Å². The Labute approximate surface area is 91.8 Å². The number of rotatable bonds is 5. The lowest BCUT2D eigenvalue weighted by Crippen LogP contribution is -2.32. The molecule has 0 saturated carbocycles. The highest BCUT2D eigenvalue weighted by molar-refractivity contribution is 7.99. The third kappa shape index (κ3) is 3.44. The van der Waals surface area contributed by atoms with Gasteiger partial charge in [0.05, 0.1) is 0 Å². The Morgan fingerprint density at radius 2 is 2.14 bits per heavy atom. The highest BCUT2D eigenvalue weighted by Gasteiger charge is 2.15. The van der Waals surface area contributed by atoms with Gasteiger partial charge in [0.2, 0.25) is 0 Å². The lowest BCUT2D eigenvalue weighted by Gasteiger charge is -2.16. The minimum atomic E-state index is 0.957. The molecule has 0 amide bonds. The highest BCUT2D eigenvalue weighted by Crippen LogP contribution is 2.22. The molecule has 2 fully saturated rings. The molecule has 82 valence electrons. The fourth-order valence-corrected chi connectivity index (χ4v) is 3.58. The van der Waals surface area contributed by atoms with Gasteiger partial charge in [0.1, 0.15) is 0 Å². The van der Waals surface area contributed by atoms with Crippen molar-refractivity contribution in [3.63, 3.8) is 0 Å². The molecule has 0 spiro atoms. The molecule has 0 aliphatic carbocycles. The molecule has 2 aliphatic heterocycles. The van der Waals surface area contributed by atoms with Crippen LogP contribution in [-0.4, -0.2) is 49.1 Å². The SMILES string of the molecule is C1CCN(CCNCC2CCSC2)C1. The molecular formula is C11H22N2S. The van der Waals surface area contributed by atoms with Gasteiger partial charge in [-0.1, -0.05) is 0 Å². The zero-order valence-corrected chi connectivity index (χ0v) is 9.82. The van der Waals surface area contributed by atoms with Gasteiger partial charge < -0.3 is 10.2 Å². The van der Waals surface area contributed by atoms with E-state index in [-0.39, 0.29) is 0 Å². The molecule has 2 aliphatic rings. The second-order valence-electron chi connectivity index (χ2n) is 4.48. The molecule has 2 saturated heterocycles. The number of nitrogens with zero attached hydrogens (tertiary/aromatic N) is 1. The van der Waals surface area contributed by atoms with Gasteiger partial charge in [-0.15, -0.1) is 0 Å².